The third-order valence-electron chi connectivity index (χ3n) is 5.16. The van der Waals surface area contributed by atoms with Crippen molar-refractivity contribution in [3.05, 3.63) is 71.5 Å². The average Bonchev–Trinajstić information content (AvgIpc) is 3.44. The Morgan fingerprint density at radius 3 is 2.32 bits per heavy atom. The first-order valence-corrected chi connectivity index (χ1v) is 9.65. The van der Waals surface area contributed by atoms with Gasteiger partial charge in [-0.2, -0.15) is 0 Å². The second-order valence-electron chi connectivity index (χ2n) is 7.34. The lowest BCUT2D eigenvalue weighted by atomic mass is 9.80. The highest BCUT2D eigenvalue weighted by Crippen LogP contribution is 2.40. The van der Waals surface area contributed by atoms with E-state index in [9.17, 15) is 27.1 Å². The molecule has 0 bridgehead atoms. The van der Waals surface area contributed by atoms with Crippen molar-refractivity contribution in [2.24, 2.45) is 0 Å². The van der Waals surface area contributed by atoms with Crippen LogP contribution >= 0.6 is 0 Å². The molecule has 0 aliphatic rings. The number of rotatable bonds is 7. The molecule has 0 fully saturated rings. The van der Waals surface area contributed by atoms with E-state index in [0.717, 1.165) is 29.1 Å². The zero-order valence-electron chi connectivity index (χ0n) is 17.2. The second kappa shape index (κ2) is 8.78. The molecule has 9 nitrogen and oxygen atoms in total. The molecule has 14 heteroatoms. The molecule has 178 valence electrons. The highest BCUT2D eigenvalue weighted by atomic mass is 19.4. The monoisotopic (exact) mass is 482 g/mol. The third kappa shape index (κ3) is 4.85. The van der Waals surface area contributed by atoms with E-state index in [1.165, 1.54) is 25.1 Å². The Morgan fingerprint density at radius 1 is 1.03 bits per heavy atom. The Labute approximate surface area is 187 Å². The van der Waals surface area contributed by atoms with Crippen molar-refractivity contribution < 1.29 is 36.3 Å². The molecule has 0 aliphatic heterocycles. The molecule has 0 unspecified atom stereocenters. The van der Waals surface area contributed by atoms with E-state index in [1.54, 1.807) is 0 Å². The van der Waals surface area contributed by atoms with Crippen molar-refractivity contribution >= 4 is 0 Å². The van der Waals surface area contributed by atoms with Crippen molar-refractivity contribution in [3.63, 3.8) is 0 Å². The Morgan fingerprint density at radius 2 is 1.71 bits per heavy atom. The van der Waals surface area contributed by atoms with Crippen LogP contribution in [0.15, 0.2) is 53.1 Å². The Balaban J connectivity index is 1.66. The first kappa shape index (κ1) is 23.2. The average molecular weight is 482 g/mol. The number of benzene rings is 2. The van der Waals surface area contributed by atoms with Crippen LogP contribution in [0.4, 0.5) is 22.0 Å². The summed E-state index contributed by atoms with van der Waals surface area (Å²) >= 11 is 0. The smallest absolute Gasteiger partial charge is 0.406 e. The number of nitrogens with zero attached hydrogens (tertiary/aromatic N) is 6. The largest absolute Gasteiger partial charge is 0.573 e. The summed E-state index contributed by atoms with van der Waals surface area (Å²) in [6, 6.07) is 9.01. The quantitative estimate of drug-likeness (QED) is 0.398. The van der Waals surface area contributed by atoms with E-state index in [-0.39, 0.29) is 17.0 Å². The van der Waals surface area contributed by atoms with Crippen molar-refractivity contribution in [2.75, 3.05) is 0 Å². The van der Waals surface area contributed by atoms with Gasteiger partial charge in [0.1, 0.15) is 34.4 Å². The maximum absolute atomic E-state index is 14.7. The lowest BCUT2D eigenvalue weighted by Gasteiger charge is -2.32. The molecule has 1 N–H and O–H groups in total. The lowest BCUT2D eigenvalue weighted by molar-refractivity contribution is -0.274. The van der Waals surface area contributed by atoms with Gasteiger partial charge in [0.2, 0.25) is 0 Å². The highest BCUT2D eigenvalue weighted by Gasteiger charge is 2.42. The predicted molar refractivity (Wildman–Crippen MR) is 103 cm³/mol. The number of halogens is 5. The van der Waals surface area contributed by atoms with Gasteiger partial charge >= 0.3 is 6.36 Å². The molecule has 0 saturated heterocycles. The summed E-state index contributed by atoms with van der Waals surface area (Å²) in [5.41, 5.74) is -1.68. The normalized spacial score (nSPS) is 14.6. The summed E-state index contributed by atoms with van der Waals surface area (Å²) in [4.78, 5) is 0.927. The number of hydrogen-bond acceptors (Lipinski definition) is 8. The van der Waals surface area contributed by atoms with Gasteiger partial charge in [0, 0.05) is 23.3 Å². The topological polar surface area (TPSA) is 112 Å². The van der Waals surface area contributed by atoms with Crippen molar-refractivity contribution in [1.29, 1.82) is 0 Å². The molecule has 0 radical (unpaired) electrons. The molecule has 4 aromatic rings. The van der Waals surface area contributed by atoms with Gasteiger partial charge in [0.05, 0.1) is 12.5 Å². The van der Waals surface area contributed by atoms with E-state index in [2.05, 4.69) is 30.7 Å². The summed E-state index contributed by atoms with van der Waals surface area (Å²) in [7, 11) is 0. The summed E-state index contributed by atoms with van der Waals surface area (Å²) in [5.74, 6) is -3.14. The minimum Gasteiger partial charge on any atom is -0.406 e. The number of aliphatic hydroxyl groups is 1. The molecular weight excluding hydrogens is 467 g/mol. The summed E-state index contributed by atoms with van der Waals surface area (Å²) in [6.45, 7) is 1.10. The van der Waals surface area contributed by atoms with E-state index in [4.69, 9.17) is 4.52 Å². The van der Waals surface area contributed by atoms with Gasteiger partial charge in [0.15, 0.2) is 0 Å². The minimum atomic E-state index is -4.83. The van der Waals surface area contributed by atoms with Crippen molar-refractivity contribution in [3.8, 4) is 17.0 Å². The van der Waals surface area contributed by atoms with E-state index in [1.807, 2.05) is 0 Å². The zero-order chi connectivity index (χ0) is 24.5. The van der Waals surface area contributed by atoms with Crippen molar-refractivity contribution in [2.45, 2.75) is 31.3 Å². The number of ether oxygens (including phenoxy) is 1. The summed E-state index contributed by atoms with van der Waals surface area (Å²) < 4.78 is 74.4. The zero-order valence-corrected chi connectivity index (χ0v) is 17.2. The maximum atomic E-state index is 14.7. The van der Waals surface area contributed by atoms with Crippen LogP contribution in [-0.4, -0.2) is 42.3 Å². The van der Waals surface area contributed by atoms with E-state index < -0.39 is 41.8 Å². The fourth-order valence-electron chi connectivity index (χ4n) is 3.41. The Kier molecular flexibility index (Phi) is 6.00. The van der Waals surface area contributed by atoms with Crippen LogP contribution in [0.25, 0.3) is 11.3 Å². The van der Waals surface area contributed by atoms with E-state index in [0.29, 0.717) is 11.6 Å². The van der Waals surface area contributed by atoms with Crippen LogP contribution in [0.3, 0.4) is 0 Å². The second-order valence-corrected chi connectivity index (χ2v) is 7.34. The molecule has 2 aromatic heterocycles. The molecule has 4 rings (SSSR count). The van der Waals surface area contributed by atoms with Crippen LogP contribution in [-0.2, 0) is 12.1 Å². The highest BCUT2D eigenvalue weighted by molar-refractivity contribution is 5.60. The number of aromatic nitrogens is 6. The van der Waals surface area contributed by atoms with Crippen LogP contribution in [0.1, 0.15) is 24.2 Å². The van der Waals surface area contributed by atoms with Crippen LogP contribution in [0.5, 0.6) is 5.75 Å². The fraction of sp³-hybridized carbons (Fsp3) is 0.250. The molecular formula is C20H15F5N6O3. The molecule has 0 aliphatic carbocycles. The first-order chi connectivity index (χ1) is 16.0. The van der Waals surface area contributed by atoms with Gasteiger partial charge in [-0.25, -0.2) is 8.78 Å². The molecule has 0 saturated carbocycles. The molecule has 0 spiro atoms. The predicted octanol–water partition coefficient (Wildman–Crippen LogP) is 3.59. The molecule has 2 heterocycles. The first-order valence-electron chi connectivity index (χ1n) is 9.65. The standard InChI is InChI=1S/C20H15F5N6O3/c1-11(18-9-17(26-34-18)12-2-5-14(6-3-12)33-20(23,24)25)19(32,10-31-29-27-28-30-31)15-7-4-13(21)8-16(15)22/h2-9,11,32H,10H2,1H3/t11-,19+/m0/s1. The third-order valence-corrected chi connectivity index (χ3v) is 5.16. The van der Waals surface area contributed by atoms with Crippen LogP contribution in [0, 0.1) is 11.6 Å². The Hall–Kier alpha value is -3.94. The lowest BCUT2D eigenvalue weighted by Crippen LogP contribution is -2.38. The number of hydrogen-bond donors (Lipinski definition) is 1. The van der Waals surface area contributed by atoms with Gasteiger partial charge in [-0.3, -0.25) is 0 Å². The molecule has 34 heavy (non-hydrogen) atoms. The van der Waals surface area contributed by atoms with Gasteiger partial charge in [-0.15, -0.1) is 18.0 Å². The Bertz CT molecular complexity index is 1260. The molecule has 0 amide bonds. The van der Waals surface area contributed by atoms with Gasteiger partial charge < -0.3 is 14.4 Å². The van der Waals surface area contributed by atoms with Crippen LogP contribution in [0.2, 0.25) is 0 Å². The summed E-state index contributed by atoms with van der Waals surface area (Å²) in [6.07, 6.45) is -4.83. The van der Waals surface area contributed by atoms with Gasteiger partial charge in [0.25, 0.3) is 0 Å². The SMILES string of the molecule is C[C@@H](c1cc(-c2ccc(OC(F)(F)F)cc2)no1)[C@](O)(Cn1nnnn1)c1ccc(F)cc1F. The maximum Gasteiger partial charge on any atom is 0.573 e. The minimum absolute atomic E-state index is 0.102. The van der Waals surface area contributed by atoms with Crippen molar-refractivity contribution in [1.82, 2.24) is 30.8 Å². The molecule has 2 atom stereocenters. The summed E-state index contributed by atoms with van der Waals surface area (Å²) in [5, 5.41) is 29.2. The van der Waals surface area contributed by atoms with Gasteiger partial charge in [-0.05, 0) is 51.2 Å². The number of alkyl halides is 3. The molecule has 2 aromatic carbocycles. The van der Waals surface area contributed by atoms with Crippen LogP contribution < -0.4 is 4.74 Å². The fourth-order valence-corrected chi connectivity index (χ4v) is 3.41. The van der Waals surface area contributed by atoms with E-state index >= 15 is 0 Å². The van der Waals surface area contributed by atoms with Gasteiger partial charge in [-0.1, -0.05) is 18.1 Å².